The molecule has 0 radical (unpaired) electrons. The van der Waals surface area contributed by atoms with Crippen LogP contribution in [0, 0.1) is 0 Å². The van der Waals surface area contributed by atoms with Gasteiger partial charge in [0.25, 0.3) is 0 Å². The van der Waals surface area contributed by atoms with Crippen LogP contribution in [0.3, 0.4) is 0 Å². The van der Waals surface area contributed by atoms with Gasteiger partial charge in [-0.05, 0) is 25.7 Å². The summed E-state index contributed by atoms with van der Waals surface area (Å²) in [4.78, 5) is 0. The molecule has 0 saturated carbocycles. The van der Waals surface area contributed by atoms with Gasteiger partial charge in [-0.2, -0.15) is 0 Å². The molecule has 0 spiro atoms. The molecular formula is C20H38. The third-order valence-corrected chi connectivity index (χ3v) is 3.93. The van der Waals surface area contributed by atoms with E-state index in [4.69, 9.17) is 0 Å². The van der Waals surface area contributed by atoms with Gasteiger partial charge in [0.2, 0.25) is 0 Å². The molecule has 0 aromatic heterocycles. The third kappa shape index (κ3) is 17.5. The molecule has 0 nitrogen and oxygen atoms in total. The minimum atomic E-state index is 1.12. The van der Waals surface area contributed by atoms with Gasteiger partial charge in [-0.25, -0.2) is 0 Å². The molecule has 0 rings (SSSR count). The Kier molecular flexibility index (Phi) is 18.0. The summed E-state index contributed by atoms with van der Waals surface area (Å²) >= 11 is 0. The molecular weight excluding hydrogens is 240 g/mol. The molecule has 0 atom stereocenters. The van der Waals surface area contributed by atoms with E-state index in [1.807, 2.05) is 6.08 Å². The standard InChI is InChI=1S/C20H38/c1-3-5-7-9-11-13-15-17-19-20-18-16-14-12-10-8-6-4-2/h3,9,11H,1,4-8,10,12-20H2,2H3. The molecule has 0 aliphatic carbocycles. The Labute approximate surface area is 128 Å². The van der Waals surface area contributed by atoms with Crippen molar-refractivity contribution in [3.63, 3.8) is 0 Å². The lowest BCUT2D eigenvalue weighted by molar-refractivity contribution is 0.545. The maximum Gasteiger partial charge on any atom is -0.0316 e. The van der Waals surface area contributed by atoms with E-state index in [0.29, 0.717) is 0 Å². The Morgan fingerprint density at radius 3 is 1.50 bits per heavy atom. The quantitative estimate of drug-likeness (QED) is 0.201. The van der Waals surface area contributed by atoms with Gasteiger partial charge >= 0.3 is 0 Å². The second kappa shape index (κ2) is 18.5. The number of unbranched alkanes of at least 4 members (excludes halogenated alkanes) is 13. The molecule has 0 unspecified atom stereocenters. The fraction of sp³-hybridized carbons (Fsp3) is 0.800. The zero-order valence-corrected chi connectivity index (χ0v) is 14.0. The second-order valence-electron chi connectivity index (χ2n) is 6.02. The summed E-state index contributed by atoms with van der Waals surface area (Å²) < 4.78 is 0. The molecule has 0 N–H and O–H groups in total. The molecule has 0 saturated heterocycles. The van der Waals surface area contributed by atoms with Crippen LogP contribution in [0.4, 0.5) is 0 Å². The average molecular weight is 279 g/mol. The first kappa shape index (κ1) is 19.5. The minimum Gasteiger partial charge on any atom is -0.103 e. The topological polar surface area (TPSA) is 0 Å². The maximum atomic E-state index is 3.73. The van der Waals surface area contributed by atoms with E-state index in [9.17, 15) is 0 Å². The molecule has 0 heterocycles. The molecule has 0 amide bonds. The minimum absolute atomic E-state index is 1.12. The maximum absolute atomic E-state index is 3.73. The highest BCUT2D eigenvalue weighted by Crippen LogP contribution is 2.12. The van der Waals surface area contributed by atoms with E-state index in [1.54, 1.807) is 0 Å². The van der Waals surface area contributed by atoms with Gasteiger partial charge < -0.3 is 0 Å². The van der Waals surface area contributed by atoms with Gasteiger partial charge in [-0.3, -0.25) is 0 Å². The van der Waals surface area contributed by atoms with Crippen molar-refractivity contribution in [1.29, 1.82) is 0 Å². The first-order chi connectivity index (χ1) is 9.91. The second-order valence-corrected chi connectivity index (χ2v) is 6.02. The third-order valence-electron chi connectivity index (χ3n) is 3.93. The number of hydrogen-bond donors (Lipinski definition) is 0. The van der Waals surface area contributed by atoms with Crippen molar-refractivity contribution in [3.8, 4) is 0 Å². The average Bonchev–Trinajstić information content (AvgIpc) is 2.47. The molecule has 118 valence electrons. The molecule has 0 fully saturated rings. The van der Waals surface area contributed by atoms with Crippen LogP contribution in [0.2, 0.25) is 0 Å². The van der Waals surface area contributed by atoms with Crippen molar-refractivity contribution in [2.24, 2.45) is 0 Å². The van der Waals surface area contributed by atoms with Crippen molar-refractivity contribution in [1.82, 2.24) is 0 Å². The van der Waals surface area contributed by atoms with Crippen molar-refractivity contribution in [2.75, 3.05) is 0 Å². The fourth-order valence-corrected chi connectivity index (χ4v) is 2.55. The van der Waals surface area contributed by atoms with Crippen LogP contribution in [0.15, 0.2) is 24.8 Å². The first-order valence-electron chi connectivity index (χ1n) is 9.17. The predicted molar refractivity (Wildman–Crippen MR) is 94.3 cm³/mol. The lowest BCUT2D eigenvalue weighted by Gasteiger charge is -2.02. The summed E-state index contributed by atoms with van der Waals surface area (Å²) in [6, 6.07) is 0. The Hall–Kier alpha value is -0.520. The summed E-state index contributed by atoms with van der Waals surface area (Å²) in [5.74, 6) is 0. The fourth-order valence-electron chi connectivity index (χ4n) is 2.55. The van der Waals surface area contributed by atoms with Gasteiger partial charge in [0.15, 0.2) is 0 Å². The van der Waals surface area contributed by atoms with E-state index in [2.05, 4.69) is 25.7 Å². The molecule has 20 heavy (non-hydrogen) atoms. The number of hydrogen-bond acceptors (Lipinski definition) is 0. The lowest BCUT2D eigenvalue weighted by atomic mass is 10.0. The first-order valence-corrected chi connectivity index (χ1v) is 9.17. The van der Waals surface area contributed by atoms with Gasteiger partial charge in [-0.1, -0.05) is 95.8 Å². The number of allylic oxidation sites excluding steroid dienone is 3. The highest BCUT2D eigenvalue weighted by molar-refractivity contribution is 4.84. The highest BCUT2D eigenvalue weighted by atomic mass is 14.0. The predicted octanol–water partition coefficient (Wildman–Crippen LogP) is 7.60. The van der Waals surface area contributed by atoms with Crippen molar-refractivity contribution in [2.45, 2.75) is 103 Å². The van der Waals surface area contributed by atoms with E-state index in [0.717, 1.165) is 6.42 Å². The van der Waals surface area contributed by atoms with Crippen molar-refractivity contribution >= 4 is 0 Å². The van der Waals surface area contributed by atoms with Crippen LogP contribution in [-0.2, 0) is 0 Å². The molecule has 0 aliphatic heterocycles. The monoisotopic (exact) mass is 278 g/mol. The molecule has 0 aromatic rings. The van der Waals surface area contributed by atoms with Crippen molar-refractivity contribution in [3.05, 3.63) is 24.8 Å². The van der Waals surface area contributed by atoms with Gasteiger partial charge in [-0.15, -0.1) is 6.58 Å². The molecule has 0 aromatic carbocycles. The Morgan fingerprint density at radius 2 is 1.00 bits per heavy atom. The highest BCUT2D eigenvalue weighted by Gasteiger charge is 1.92. The Balaban J connectivity index is 2.99. The van der Waals surface area contributed by atoms with Crippen molar-refractivity contribution < 1.29 is 0 Å². The number of rotatable bonds is 16. The van der Waals surface area contributed by atoms with Crippen LogP contribution in [-0.4, -0.2) is 0 Å². The van der Waals surface area contributed by atoms with E-state index >= 15 is 0 Å². The van der Waals surface area contributed by atoms with Crippen LogP contribution >= 0.6 is 0 Å². The summed E-state index contributed by atoms with van der Waals surface area (Å²) in [5.41, 5.74) is 0. The largest absolute Gasteiger partial charge is 0.103 e. The zero-order valence-electron chi connectivity index (χ0n) is 14.0. The van der Waals surface area contributed by atoms with Crippen LogP contribution in [0.5, 0.6) is 0 Å². The van der Waals surface area contributed by atoms with E-state index < -0.39 is 0 Å². The summed E-state index contributed by atoms with van der Waals surface area (Å²) in [7, 11) is 0. The SMILES string of the molecule is C=CCCC=CCCCCCCCCCCCCCC. The van der Waals surface area contributed by atoms with Crippen LogP contribution < -0.4 is 0 Å². The molecule has 0 bridgehead atoms. The van der Waals surface area contributed by atoms with Crippen LogP contribution in [0.25, 0.3) is 0 Å². The zero-order chi connectivity index (χ0) is 14.7. The Morgan fingerprint density at radius 1 is 0.550 bits per heavy atom. The smallest absolute Gasteiger partial charge is 0.0316 e. The molecule has 0 heteroatoms. The Bertz CT molecular complexity index is 202. The van der Waals surface area contributed by atoms with Gasteiger partial charge in [0, 0.05) is 0 Å². The lowest BCUT2D eigenvalue weighted by Crippen LogP contribution is -1.82. The van der Waals surface area contributed by atoms with Gasteiger partial charge in [0.1, 0.15) is 0 Å². The van der Waals surface area contributed by atoms with E-state index in [-0.39, 0.29) is 0 Å². The van der Waals surface area contributed by atoms with E-state index in [1.165, 1.54) is 89.9 Å². The van der Waals surface area contributed by atoms with Gasteiger partial charge in [0.05, 0.1) is 0 Å². The molecule has 0 aliphatic rings. The van der Waals surface area contributed by atoms with Crippen LogP contribution in [0.1, 0.15) is 103 Å². The summed E-state index contributed by atoms with van der Waals surface area (Å²) in [5, 5.41) is 0. The summed E-state index contributed by atoms with van der Waals surface area (Å²) in [6.07, 6.45) is 27.5. The normalized spacial score (nSPS) is 11.2. The summed E-state index contributed by atoms with van der Waals surface area (Å²) in [6.45, 7) is 6.02.